The summed E-state index contributed by atoms with van der Waals surface area (Å²) in [7, 11) is 1.42. The Morgan fingerprint density at radius 1 is 1.56 bits per heavy atom. The monoisotopic (exact) mass is 285 g/mol. The second-order valence-electron chi connectivity index (χ2n) is 4.53. The summed E-state index contributed by atoms with van der Waals surface area (Å²) >= 11 is 3.74. The van der Waals surface area contributed by atoms with E-state index < -0.39 is 0 Å². The molecule has 1 heterocycles. The van der Waals surface area contributed by atoms with Crippen LogP contribution in [-0.4, -0.2) is 23.3 Å². The van der Waals surface area contributed by atoms with Gasteiger partial charge in [-0.2, -0.15) is 11.8 Å². The Morgan fingerprint density at radius 3 is 3.06 bits per heavy atom. The van der Waals surface area contributed by atoms with Crippen LogP contribution in [-0.2, 0) is 21.7 Å². The zero-order chi connectivity index (χ0) is 12.8. The summed E-state index contributed by atoms with van der Waals surface area (Å²) in [5.41, 5.74) is 1.02. The molecule has 0 atom stereocenters. The molecule has 0 bridgehead atoms. The summed E-state index contributed by atoms with van der Waals surface area (Å²) in [5.74, 6) is 0.859. The second kappa shape index (κ2) is 7.14. The van der Waals surface area contributed by atoms with Gasteiger partial charge in [-0.25, -0.2) is 4.98 Å². The van der Waals surface area contributed by atoms with Crippen molar-refractivity contribution in [2.75, 3.05) is 7.11 Å². The number of thiazole rings is 1. The fourth-order valence-corrected chi connectivity index (χ4v) is 4.30. The number of methoxy groups -OCH3 is 1. The number of ether oxygens (including phenoxy) is 1. The van der Waals surface area contributed by atoms with Crippen LogP contribution in [0.3, 0.4) is 0 Å². The van der Waals surface area contributed by atoms with Gasteiger partial charge >= 0.3 is 5.97 Å². The molecule has 5 heteroatoms. The smallest absolute Gasteiger partial charge is 0.305 e. The first-order valence-electron chi connectivity index (χ1n) is 6.39. The van der Waals surface area contributed by atoms with Gasteiger partial charge < -0.3 is 4.74 Å². The van der Waals surface area contributed by atoms with Gasteiger partial charge in [-0.1, -0.05) is 12.8 Å². The lowest BCUT2D eigenvalue weighted by atomic mass is 10.2. The van der Waals surface area contributed by atoms with Gasteiger partial charge in [0.15, 0.2) is 0 Å². The molecule has 1 aliphatic rings. The van der Waals surface area contributed by atoms with Crippen LogP contribution < -0.4 is 0 Å². The van der Waals surface area contributed by atoms with E-state index in [-0.39, 0.29) is 5.97 Å². The van der Waals surface area contributed by atoms with Gasteiger partial charge in [0.1, 0.15) is 5.01 Å². The molecule has 1 fully saturated rings. The molecule has 1 aromatic rings. The maximum Gasteiger partial charge on any atom is 0.305 e. The molecular formula is C13H19NO2S2. The van der Waals surface area contributed by atoms with Crippen LogP contribution in [0.1, 0.15) is 42.8 Å². The van der Waals surface area contributed by atoms with Crippen molar-refractivity contribution in [3.8, 4) is 0 Å². The van der Waals surface area contributed by atoms with Gasteiger partial charge in [-0.3, -0.25) is 4.79 Å². The number of hydrogen-bond donors (Lipinski definition) is 0. The first kappa shape index (κ1) is 13.9. The highest BCUT2D eigenvalue weighted by atomic mass is 32.2. The molecule has 0 saturated heterocycles. The third kappa shape index (κ3) is 4.28. The highest BCUT2D eigenvalue weighted by Gasteiger charge is 2.16. The molecule has 2 rings (SSSR count). The van der Waals surface area contributed by atoms with Crippen molar-refractivity contribution in [2.24, 2.45) is 0 Å². The van der Waals surface area contributed by atoms with Crippen LogP contribution in [0, 0.1) is 0 Å². The number of aromatic nitrogens is 1. The number of rotatable bonds is 6. The lowest BCUT2D eigenvalue weighted by Gasteiger charge is -2.05. The van der Waals surface area contributed by atoms with Gasteiger partial charge in [0.2, 0.25) is 0 Å². The minimum Gasteiger partial charge on any atom is -0.469 e. The Kier molecular flexibility index (Phi) is 5.50. The Morgan fingerprint density at radius 2 is 2.33 bits per heavy atom. The van der Waals surface area contributed by atoms with Crippen molar-refractivity contribution in [3.63, 3.8) is 0 Å². The molecule has 0 unspecified atom stereocenters. The Labute approximate surface area is 116 Å². The van der Waals surface area contributed by atoms with Gasteiger partial charge in [0.25, 0.3) is 0 Å². The van der Waals surface area contributed by atoms with Crippen molar-refractivity contribution in [2.45, 2.75) is 49.5 Å². The average Bonchev–Trinajstić information content (AvgIpc) is 3.04. The molecular weight excluding hydrogens is 266 g/mol. The largest absolute Gasteiger partial charge is 0.469 e. The summed E-state index contributed by atoms with van der Waals surface area (Å²) in [6, 6.07) is 0. The van der Waals surface area contributed by atoms with E-state index in [2.05, 4.69) is 15.1 Å². The van der Waals surface area contributed by atoms with E-state index in [1.807, 2.05) is 11.8 Å². The van der Waals surface area contributed by atoms with Crippen LogP contribution in [0.5, 0.6) is 0 Å². The lowest BCUT2D eigenvalue weighted by molar-refractivity contribution is -0.140. The fourth-order valence-electron chi connectivity index (χ4n) is 2.11. The van der Waals surface area contributed by atoms with Gasteiger partial charge in [0.05, 0.1) is 19.2 Å². The fraction of sp³-hybridized carbons (Fsp3) is 0.692. The number of carbonyl (C=O) groups is 1. The van der Waals surface area contributed by atoms with Crippen molar-refractivity contribution >= 4 is 29.1 Å². The highest BCUT2D eigenvalue weighted by molar-refractivity contribution is 7.99. The number of esters is 1. The van der Waals surface area contributed by atoms with Crippen LogP contribution >= 0.6 is 23.1 Å². The zero-order valence-electron chi connectivity index (χ0n) is 10.7. The zero-order valence-corrected chi connectivity index (χ0v) is 12.3. The molecule has 0 N–H and O–H groups in total. The Balaban J connectivity index is 1.73. The van der Waals surface area contributed by atoms with E-state index in [1.54, 1.807) is 11.3 Å². The predicted octanol–water partition coefficient (Wildman–Crippen LogP) is 3.42. The van der Waals surface area contributed by atoms with Crippen molar-refractivity contribution in [3.05, 3.63) is 16.1 Å². The van der Waals surface area contributed by atoms with E-state index in [1.165, 1.54) is 37.8 Å². The third-order valence-corrected chi connectivity index (χ3v) is 5.62. The second-order valence-corrected chi connectivity index (χ2v) is 6.76. The summed E-state index contributed by atoms with van der Waals surface area (Å²) in [4.78, 5) is 15.6. The molecule has 0 radical (unpaired) electrons. The van der Waals surface area contributed by atoms with Crippen molar-refractivity contribution < 1.29 is 9.53 Å². The molecule has 0 aromatic carbocycles. The molecule has 0 aliphatic heterocycles. The number of carbonyl (C=O) groups excluding carboxylic acids is 1. The minimum atomic E-state index is -0.162. The number of thioether (sulfide) groups is 1. The lowest BCUT2D eigenvalue weighted by Crippen LogP contribution is -2.02. The average molecular weight is 285 g/mol. The van der Waals surface area contributed by atoms with Gasteiger partial charge in [-0.15, -0.1) is 11.3 Å². The van der Waals surface area contributed by atoms with E-state index in [4.69, 9.17) is 0 Å². The standard InChI is InChI=1S/C13H19NO2S2/c1-16-13(15)7-6-10-8-18-12(14-10)9-17-11-4-2-3-5-11/h8,11H,2-7,9H2,1H3. The molecule has 100 valence electrons. The number of hydrogen-bond acceptors (Lipinski definition) is 5. The third-order valence-electron chi connectivity index (χ3n) is 3.16. The summed E-state index contributed by atoms with van der Waals surface area (Å²) < 4.78 is 4.63. The molecule has 0 spiro atoms. The van der Waals surface area contributed by atoms with Crippen LogP contribution in [0.4, 0.5) is 0 Å². The molecule has 1 aliphatic carbocycles. The maximum atomic E-state index is 11.0. The highest BCUT2D eigenvalue weighted by Crippen LogP contribution is 2.32. The Hall–Kier alpha value is -0.550. The summed E-state index contributed by atoms with van der Waals surface area (Å²) in [6.07, 6.45) is 6.63. The molecule has 18 heavy (non-hydrogen) atoms. The topological polar surface area (TPSA) is 39.2 Å². The van der Waals surface area contributed by atoms with Crippen molar-refractivity contribution in [1.82, 2.24) is 4.98 Å². The molecule has 1 aromatic heterocycles. The molecule has 0 amide bonds. The summed E-state index contributed by atoms with van der Waals surface area (Å²) in [6.45, 7) is 0. The van der Waals surface area contributed by atoms with Crippen LogP contribution in [0.15, 0.2) is 5.38 Å². The van der Waals surface area contributed by atoms with Crippen LogP contribution in [0.2, 0.25) is 0 Å². The first-order chi connectivity index (χ1) is 8.78. The van der Waals surface area contributed by atoms with E-state index in [0.717, 1.165) is 16.7 Å². The SMILES string of the molecule is COC(=O)CCc1csc(CSC2CCCC2)n1. The first-order valence-corrected chi connectivity index (χ1v) is 8.32. The Bertz CT molecular complexity index is 386. The van der Waals surface area contributed by atoms with E-state index in [0.29, 0.717) is 12.8 Å². The van der Waals surface area contributed by atoms with E-state index >= 15 is 0 Å². The van der Waals surface area contributed by atoms with E-state index in [9.17, 15) is 4.79 Å². The quantitative estimate of drug-likeness (QED) is 0.751. The van der Waals surface area contributed by atoms with Gasteiger partial charge in [-0.05, 0) is 12.8 Å². The van der Waals surface area contributed by atoms with Gasteiger partial charge in [0, 0.05) is 22.8 Å². The summed E-state index contributed by atoms with van der Waals surface area (Å²) in [5, 5.41) is 4.09. The minimum absolute atomic E-state index is 0.162. The molecule has 1 saturated carbocycles. The number of nitrogens with zero attached hydrogens (tertiary/aromatic N) is 1. The maximum absolute atomic E-state index is 11.0. The molecule has 3 nitrogen and oxygen atoms in total. The van der Waals surface area contributed by atoms with Crippen LogP contribution in [0.25, 0.3) is 0 Å². The van der Waals surface area contributed by atoms with Crippen molar-refractivity contribution in [1.29, 1.82) is 0 Å². The normalized spacial score (nSPS) is 16.1. The number of aryl methyl sites for hydroxylation is 1. The predicted molar refractivity (Wildman–Crippen MR) is 76.0 cm³/mol.